The molecule has 0 aliphatic heterocycles. The van der Waals surface area contributed by atoms with Crippen molar-refractivity contribution < 1.29 is 14.4 Å². The fraction of sp³-hybridized carbons (Fsp3) is 0.500. The van der Waals surface area contributed by atoms with E-state index in [1.807, 2.05) is 0 Å². The Morgan fingerprint density at radius 1 is 1.04 bits per heavy atom. The third-order valence-electron chi connectivity index (χ3n) is 3.70. The highest BCUT2D eigenvalue weighted by Gasteiger charge is 2.15. The number of carbonyl (C=O) groups excluding carboxylic acids is 3. The van der Waals surface area contributed by atoms with Crippen LogP contribution in [0.15, 0.2) is 24.3 Å². The molecule has 0 aliphatic rings. The number of nitrogens with zero attached hydrogens (tertiary/aromatic N) is 2. The Bertz CT molecular complexity index is 569. The molecule has 0 saturated carbocycles. The first kappa shape index (κ1) is 19.7. The highest BCUT2D eigenvalue weighted by atomic mass is 16.2. The van der Waals surface area contributed by atoms with E-state index < -0.39 is 0 Å². The highest BCUT2D eigenvalue weighted by molar-refractivity contribution is 5.93. The number of anilines is 2. The van der Waals surface area contributed by atoms with E-state index in [9.17, 15) is 14.4 Å². The van der Waals surface area contributed by atoms with Gasteiger partial charge in [-0.2, -0.15) is 0 Å². The molecule has 1 N–H and O–H groups in total. The largest absolute Gasteiger partial charge is 0.346 e. The summed E-state index contributed by atoms with van der Waals surface area (Å²) in [6, 6.07) is 7.00. The van der Waals surface area contributed by atoms with E-state index in [-0.39, 0.29) is 24.1 Å². The lowest BCUT2D eigenvalue weighted by molar-refractivity contribution is -0.129. The summed E-state index contributed by atoms with van der Waals surface area (Å²) < 4.78 is 0. The maximum Gasteiger partial charge on any atom is 0.224 e. The quantitative estimate of drug-likeness (QED) is 0.795. The predicted octanol–water partition coefficient (Wildman–Crippen LogP) is 2.65. The Morgan fingerprint density at radius 3 is 2.17 bits per heavy atom. The van der Waals surface area contributed by atoms with Gasteiger partial charge in [-0.1, -0.05) is 13.3 Å². The average molecular weight is 333 g/mol. The van der Waals surface area contributed by atoms with Gasteiger partial charge in [0.25, 0.3) is 0 Å². The van der Waals surface area contributed by atoms with Gasteiger partial charge in [-0.15, -0.1) is 0 Å². The number of hydrogen-bond donors (Lipinski definition) is 1. The number of benzene rings is 1. The van der Waals surface area contributed by atoms with Gasteiger partial charge in [-0.3, -0.25) is 14.4 Å². The van der Waals surface area contributed by atoms with E-state index in [4.69, 9.17) is 0 Å². The molecule has 1 aromatic rings. The number of rotatable bonds is 8. The Balaban J connectivity index is 2.68. The molecule has 0 saturated heterocycles. The van der Waals surface area contributed by atoms with E-state index in [0.29, 0.717) is 17.9 Å². The molecule has 0 heterocycles. The van der Waals surface area contributed by atoms with Crippen LogP contribution in [0.2, 0.25) is 0 Å². The summed E-state index contributed by atoms with van der Waals surface area (Å²) in [5.41, 5.74) is 1.38. The second-order valence-electron chi connectivity index (χ2n) is 5.82. The van der Waals surface area contributed by atoms with Crippen molar-refractivity contribution >= 4 is 29.1 Å². The van der Waals surface area contributed by atoms with Crippen LogP contribution in [0.5, 0.6) is 0 Å². The molecule has 1 aromatic carbocycles. The first-order valence-corrected chi connectivity index (χ1v) is 8.24. The number of hydrogen-bond acceptors (Lipinski definition) is 3. The molecule has 6 heteroatoms. The molecule has 0 unspecified atom stereocenters. The van der Waals surface area contributed by atoms with Crippen LogP contribution in [-0.4, -0.2) is 42.8 Å². The van der Waals surface area contributed by atoms with E-state index in [2.05, 4.69) is 12.2 Å². The molecule has 3 amide bonds. The fourth-order valence-corrected chi connectivity index (χ4v) is 2.31. The third-order valence-corrected chi connectivity index (χ3v) is 3.70. The van der Waals surface area contributed by atoms with Crippen LogP contribution in [0.1, 0.15) is 40.0 Å². The van der Waals surface area contributed by atoms with Gasteiger partial charge in [-0.25, -0.2) is 0 Å². The van der Waals surface area contributed by atoms with Gasteiger partial charge < -0.3 is 15.1 Å². The molecule has 6 nitrogen and oxygen atoms in total. The van der Waals surface area contributed by atoms with E-state index >= 15 is 0 Å². The van der Waals surface area contributed by atoms with Gasteiger partial charge in [0.1, 0.15) is 0 Å². The minimum absolute atomic E-state index is 0.0320. The van der Waals surface area contributed by atoms with Gasteiger partial charge >= 0.3 is 0 Å². The lowest BCUT2D eigenvalue weighted by Crippen LogP contribution is -2.35. The van der Waals surface area contributed by atoms with Crippen molar-refractivity contribution in [3.05, 3.63) is 24.3 Å². The standard InChI is InChI=1S/C18H27N3O3/c1-5-6-12-20(4)18(24)11-13-21(15(3)23)17-9-7-16(8-10-17)19-14(2)22/h7-10H,5-6,11-13H2,1-4H3,(H,19,22). The van der Waals surface area contributed by atoms with Crippen LogP contribution in [0.25, 0.3) is 0 Å². The first-order chi connectivity index (χ1) is 11.3. The van der Waals surface area contributed by atoms with Gasteiger partial charge in [0.2, 0.25) is 17.7 Å². The second kappa shape index (κ2) is 9.70. The molecule has 132 valence electrons. The minimum Gasteiger partial charge on any atom is -0.346 e. The lowest BCUT2D eigenvalue weighted by Gasteiger charge is -2.23. The van der Waals surface area contributed by atoms with Gasteiger partial charge in [-0.05, 0) is 30.7 Å². The van der Waals surface area contributed by atoms with Crippen molar-refractivity contribution in [2.45, 2.75) is 40.0 Å². The Labute approximate surface area is 143 Å². The van der Waals surface area contributed by atoms with Gasteiger partial charge in [0, 0.05) is 51.8 Å². The van der Waals surface area contributed by atoms with E-state index in [1.165, 1.54) is 13.8 Å². The third kappa shape index (κ3) is 6.40. The molecule has 24 heavy (non-hydrogen) atoms. The average Bonchev–Trinajstić information content (AvgIpc) is 2.53. The normalized spacial score (nSPS) is 10.2. The molecule has 0 aliphatic carbocycles. The lowest BCUT2D eigenvalue weighted by atomic mass is 10.2. The maximum absolute atomic E-state index is 12.1. The summed E-state index contributed by atoms with van der Waals surface area (Å²) in [6.07, 6.45) is 2.30. The molecule has 0 radical (unpaired) electrons. The summed E-state index contributed by atoms with van der Waals surface area (Å²) in [5, 5.41) is 2.68. The van der Waals surface area contributed by atoms with Crippen LogP contribution >= 0.6 is 0 Å². The van der Waals surface area contributed by atoms with Crippen LogP contribution in [0.3, 0.4) is 0 Å². The zero-order chi connectivity index (χ0) is 18.1. The minimum atomic E-state index is -0.146. The zero-order valence-electron chi connectivity index (χ0n) is 15.0. The van der Waals surface area contributed by atoms with E-state index in [1.54, 1.807) is 41.1 Å². The van der Waals surface area contributed by atoms with Crippen LogP contribution in [0.4, 0.5) is 11.4 Å². The molecular weight excluding hydrogens is 306 g/mol. The molecule has 0 fully saturated rings. The van der Waals surface area contributed by atoms with Crippen molar-refractivity contribution in [3.8, 4) is 0 Å². The van der Waals surface area contributed by atoms with Crippen molar-refractivity contribution in [2.75, 3.05) is 30.4 Å². The molecule has 0 aromatic heterocycles. The number of amides is 3. The highest BCUT2D eigenvalue weighted by Crippen LogP contribution is 2.19. The van der Waals surface area contributed by atoms with Crippen molar-refractivity contribution in [3.63, 3.8) is 0 Å². The molecule has 0 spiro atoms. The van der Waals surface area contributed by atoms with Crippen molar-refractivity contribution in [1.29, 1.82) is 0 Å². The summed E-state index contributed by atoms with van der Waals surface area (Å²) in [7, 11) is 1.79. The van der Waals surface area contributed by atoms with Crippen LogP contribution in [0, 0.1) is 0 Å². The molecule has 0 bridgehead atoms. The Kier molecular flexibility index (Phi) is 7.95. The van der Waals surface area contributed by atoms with Crippen LogP contribution in [-0.2, 0) is 14.4 Å². The Hall–Kier alpha value is -2.37. The van der Waals surface area contributed by atoms with Gasteiger partial charge in [0.05, 0.1) is 0 Å². The van der Waals surface area contributed by atoms with Crippen LogP contribution < -0.4 is 10.2 Å². The number of nitrogens with one attached hydrogen (secondary N) is 1. The summed E-state index contributed by atoms with van der Waals surface area (Å²) in [5.74, 6) is -0.234. The Morgan fingerprint density at radius 2 is 1.67 bits per heavy atom. The summed E-state index contributed by atoms with van der Waals surface area (Å²) in [4.78, 5) is 38.3. The monoisotopic (exact) mass is 333 g/mol. The molecule has 0 atom stereocenters. The summed E-state index contributed by atoms with van der Waals surface area (Å²) >= 11 is 0. The second-order valence-corrected chi connectivity index (χ2v) is 5.82. The SMILES string of the molecule is CCCCN(C)C(=O)CCN(C(C)=O)c1ccc(NC(C)=O)cc1. The smallest absolute Gasteiger partial charge is 0.224 e. The molecular formula is C18H27N3O3. The summed E-state index contributed by atoms with van der Waals surface area (Å²) in [6.45, 7) is 6.08. The predicted molar refractivity (Wildman–Crippen MR) is 95.9 cm³/mol. The van der Waals surface area contributed by atoms with Gasteiger partial charge in [0.15, 0.2) is 0 Å². The van der Waals surface area contributed by atoms with E-state index in [0.717, 1.165) is 19.4 Å². The number of carbonyl (C=O) groups is 3. The fourth-order valence-electron chi connectivity index (χ4n) is 2.31. The van der Waals surface area contributed by atoms with Crippen molar-refractivity contribution in [1.82, 2.24) is 4.90 Å². The van der Waals surface area contributed by atoms with Crippen molar-refractivity contribution in [2.24, 2.45) is 0 Å². The first-order valence-electron chi connectivity index (χ1n) is 8.24. The zero-order valence-corrected chi connectivity index (χ0v) is 15.0. The topological polar surface area (TPSA) is 69.7 Å². The molecule has 1 rings (SSSR count). The number of unbranched alkanes of at least 4 members (excludes halogenated alkanes) is 1. The maximum atomic E-state index is 12.1.